The fourth-order valence-corrected chi connectivity index (χ4v) is 3.27. The van der Waals surface area contributed by atoms with Crippen LogP contribution in [0.25, 0.3) is 11.1 Å². The molecule has 1 heterocycles. The second kappa shape index (κ2) is 6.51. The third-order valence-electron chi connectivity index (χ3n) is 4.38. The molecular weight excluding hydrogens is 334 g/mol. The number of hydrogen-bond acceptors (Lipinski definition) is 4. The van der Waals surface area contributed by atoms with Gasteiger partial charge in [-0.2, -0.15) is 0 Å². The molecule has 0 spiro atoms. The van der Waals surface area contributed by atoms with Gasteiger partial charge in [0.15, 0.2) is 5.58 Å². The number of fused-ring (bicyclic) bond motifs is 2. The number of oxazole rings is 1. The zero-order valence-electron chi connectivity index (χ0n) is 13.9. The molecule has 0 unspecified atom stereocenters. The summed E-state index contributed by atoms with van der Waals surface area (Å²) in [6, 6.07) is 13.0. The van der Waals surface area contributed by atoms with Crippen molar-refractivity contribution in [3.8, 4) is 0 Å². The summed E-state index contributed by atoms with van der Waals surface area (Å²) in [6.45, 7) is 0. The fraction of sp³-hybridized carbons (Fsp3) is 0.211. The molecule has 0 saturated heterocycles. The van der Waals surface area contributed by atoms with Crippen molar-refractivity contribution in [1.29, 1.82) is 0 Å². The van der Waals surface area contributed by atoms with Crippen molar-refractivity contribution >= 4 is 28.8 Å². The number of urea groups is 1. The molecule has 132 valence electrons. The molecule has 1 aliphatic rings. The first-order valence-electron chi connectivity index (χ1n) is 8.32. The zero-order valence-corrected chi connectivity index (χ0v) is 13.9. The number of hydrogen-bond donors (Lipinski definition) is 3. The van der Waals surface area contributed by atoms with Gasteiger partial charge in [0.05, 0.1) is 0 Å². The SMILES string of the molecule is O=C(O)Cc1nc2ccc(NC(=O)NC3Cc4ccccc4C3)cc2o1. The van der Waals surface area contributed by atoms with E-state index in [0.29, 0.717) is 16.8 Å². The Kier molecular flexibility index (Phi) is 4.04. The van der Waals surface area contributed by atoms with E-state index in [0.717, 1.165) is 12.8 Å². The number of rotatable bonds is 4. The molecule has 1 aromatic heterocycles. The van der Waals surface area contributed by atoms with E-state index >= 15 is 0 Å². The van der Waals surface area contributed by atoms with Crippen molar-refractivity contribution in [2.45, 2.75) is 25.3 Å². The standard InChI is InChI=1S/C19H17N3O4/c23-18(24)10-17-22-15-6-5-13(9-16(15)26-17)20-19(25)21-14-7-11-3-1-2-4-12(11)8-14/h1-6,9,14H,7-8,10H2,(H,23,24)(H2,20,21,25). The summed E-state index contributed by atoms with van der Waals surface area (Å²) in [6.07, 6.45) is 1.37. The molecule has 7 heteroatoms. The molecule has 4 rings (SSSR count). The van der Waals surface area contributed by atoms with Crippen LogP contribution in [-0.4, -0.2) is 28.1 Å². The Morgan fingerprint density at radius 3 is 2.58 bits per heavy atom. The quantitative estimate of drug-likeness (QED) is 0.670. The topological polar surface area (TPSA) is 104 Å². The van der Waals surface area contributed by atoms with Crippen LogP contribution < -0.4 is 10.6 Å². The average Bonchev–Trinajstić information content (AvgIpc) is 3.15. The predicted molar refractivity (Wildman–Crippen MR) is 95.1 cm³/mol. The highest BCUT2D eigenvalue weighted by Crippen LogP contribution is 2.23. The van der Waals surface area contributed by atoms with Gasteiger partial charge >= 0.3 is 12.0 Å². The number of carbonyl (C=O) groups excluding carboxylic acids is 1. The monoisotopic (exact) mass is 351 g/mol. The van der Waals surface area contributed by atoms with Crippen molar-refractivity contribution in [3.05, 3.63) is 59.5 Å². The minimum Gasteiger partial charge on any atom is -0.481 e. The van der Waals surface area contributed by atoms with E-state index < -0.39 is 5.97 Å². The molecule has 0 radical (unpaired) electrons. The minimum absolute atomic E-state index is 0.0728. The first kappa shape index (κ1) is 16.1. The molecule has 0 saturated carbocycles. The number of anilines is 1. The van der Waals surface area contributed by atoms with E-state index in [1.807, 2.05) is 12.1 Å². The maximum absolute atomic E-state index is 12.3. The molecular formula is C19H17N3O4. The number of carbonyl (C=O) groups is 2. The van der Waals surface area contributed by atoms with Crippen LogP contribution in [0.2, 0.25) is 0 Å². The molecule has 1 aliphatic carbocycles. The number of amides is 2. The highest BCUT2D eigenvalue weighted by molar-refractivity contribution is 5.91. The number of nitrogens with zero attached hydrogens (tertiary/aromatic N) is 1. The van der Waals surface area contributed by atoms with Gasteiger partial charge in [-0.15, -0.1) is 0 Å². The van der Waals surface area contributed by atoms with Gasteiger partial charge in [-0.05, 0) is 36.1 Å². The number of aliphatic carboxylic acids is 1. The first-order valence-corrected chi connectivity index (χ1v) is 8.32. The van der Waals surface area contributed by atoms with E-state index in [1.54, 1.807) is 18.2 Å². The van der Waals surface area contributed by atoms with Crippen LogP contribution in [-0.2, 0) is 24.1 Å². The normalized spacial score (nSPS) is 13.5. The molecule has 3 aromatic rings. The van der Waals surface area contributed by atoms with Crippen molar-refractivity contribution in [2.24, 2.45) is 0 Å². The Morgan fingerprint density at radius 2 is 1.88 bits per heavy atom. The van der Waals surface area contributed by atoms with Gasteiger partial charge in [-0.1, -0.05) is 24.3 Å². The number of carboxylic acid groups (broad SMARTS) is 1. The molecule has 3 N–H and O–H groups in total. The summed E-state index contributed by atoms with van der Waals surface area (Å²) in [4.78, 5) is 27.1. The van der Waals surface area contributed by atoms with Crippen molar-refractivity contribution < 1.29 is 19.1 Å². The molecule has 0 bridgehead atoms. The van der Waals surface area contributed by atoms with Gasteiger partial charge in [-0.25, -0.2) is 9.78 Å². The zero-order chi connectivity index (χ0) is 18.1. The van der Waals surface area contributed by atoms with Crippen LogP contribution in [0.1, 0.15) is 17.0 Å². The maximum Gasteiger partial charge on any atom is 0.319 e. The van der Waals surface area contributed by atoms with Crippen LogP contribution in [0.3, 0.4) is 0 Å². The summed E-state index contributed by atoms with van der Waals surface area (Å²) in [5.41, 5.74) is 4.09. The lowest BCUT2D eigenvalue weighted by Gasteiger charge is -2.13. The Hall–Kier alpha value is -3.35. The summed E-state index contributed by atoms with van der Waals surface area (Å²) in [7, 11) is 0. The van der Waals surface area contributed by atoms with E-state index in [9.17, 15) is 9.59 Å². The lowest BCUT2D eigenvalue weighted by Crippen LogP contribution is -2.38. The number of benzene rings is 2. The van der Waals surface area contributed by atoms with Gasteiger partial charge in [0, 0.05) is 17.8 Å². The van der Waals surface area contributed by atoms with Gasteiger partial charge in [0.2, 0.25) is 5.89 Å². The van der Waals surface area contributed by atoms with Crippen LogP contribution >= 0.6 is 0 Å². The summed E-state index contributed by atoms with van der Waals surface area (Å²) < 4.78 is 5.41. The number of aromatic nitrogens is 1. The summed E-state index contributed by atoms with van der Waals surface area (Å²) in [5, 5.41) is 14.6. The van der Waals surface area contributed by atoms with Gasteiger partial charge < -0.3 is 20.2 Å². The van der Waals surface area contributed by atoms with E-state index in [2.05, 4.69) is 27.8 Å². The van der Waals surface area contributed by atoms with Gasteiger partial charge in [0.1, 0.15) is 11.9 Å². The second-order valence-electron chi connectivity index (χ2n) is 6.33. The fourth-order valence-electron chi connectivity index (χ4n) is 3.27. The Labute approximate surface area is 149 Å². The molecule has 0 aliphatic heterocycles. The lowest BCUT2D eigenvalue weighted by atomic mass is 10.1. The second-order valence-corrected chi connectivity index (χ2v) is 6.33. The molecule has 26 heavy (non-hydrogen) atoms. The van der Waals surface area contributed by atoms with E-state index in [1.165, 1.54) is 11.1 Å². The summed E-state index contributed by atoms with van der Waals surface area (Å²) >= 11 is 0. The number of nitrogens with one attached hydrogen (secondary N) is 2. The van der Waals surface area contributed by atoms with Crippen LogP contribution in [0.15, 0.2) is 46.9 Å². The third-order valence-corrected chi connectivity index (χ3v) is 4.38. The number of carboxylic acids is 1. The van der Waals surface area contributed by atoms with Crippen molar-refractivity contribution in [3.63, 3.8) is 0 Å². The molecule has 2 amide bonds. The van der Waals surface area contributed by atoms with Crippen molar-refractivity contribution in [2.75, 3.05) is 5.32 Å². The molecule has 0 fully saturated rings. The largest absolute Gasteiger partial charge is 0.481 e. The van der Waals surface area contributed by atoms with Crippen LogP contribution in [0.5, 0.6) is 0 Å². The Morgan fingerprint density at radius 1 is 1.15 bits per heavy atom. The van der Waals surface area contributed by atoms with E-state index in [-0.39, 0.29) is 24.4 Å². The molecule has 2 aromatic carbocycles. The van der Waals surface area contributed by atoms with Crippen LogP contribution in [0.4, 0.5) is 10.5 Å². The van der Waals surface area contributed by atoms with Crippen molar-refractivity contribution in [1.82, 2.24) is 10.3 Å². The predicted octanol–water partition coefficient (Wildman–Crippen LogP) is 2.74. The molecule has 0 atom stereocenters. The smallest absolute Gasteiger partial charge is 0.319 e. The van der Waals surface area contributed by atoms with E-state index in [4.69, 9.17) is 9.52 Å². The highest BCUT2D eigenvalue weighted by Gasteiger charge is 2.22. The molecule has 7 nitrogen and oxygen atoms in total. The highest BCUT2D eigenvalue weighted by atomic mass is 16.4. The average molecular weight is 351 g/mol. The Bertz CT molecular complexity index is 970. The summed E-state index contributed by atoms with van der Waals surface area (Å²) in [5.74, 6) is -0.871. The maximum atomic E-state index is 12.3. The lowest BCUT2D eigenvalue weighted by molar-refractivity contribution is -0.136. The Balaban J connectivity index is 1.40. The van der Waals surface area contributed by atoms with Crippen LogP contribution in [0, 0.1) is 0 Å². The van der Waals surface area contributed by atoms with Gasteiger partial charge in [0.25, 0.3) is 0 Å². The minimum atomic E-state index is -1.01. The third kappa shape index (κ3) is 3.37. The first-order chi connectivity index (χ1) is 12.6. The van der Waals surface area contributed by atoms with Gasteiger partial charge in [-0.3, -0.25) is 4.79 Å².